The highest BCUT2D eigenvalue weighted by atomic mass is 79.9. The predicted molar refractivity (Wildman–Crippen MR) is 95.6 cm³/mol. The summed E-state index contributed by atoms with van der Waals surface area (Å²) in [6.45, 7) is 6.22. The predicted octanol–water partition coefficient (Wildman–Crippen LogP) is 4.94. The molecule has 0 radical (unpaired) electrons. The van der Waals surface area contributed by atoms with Gasteiger partial charge < -0.3 is 0 Å². The number of aryl methyl sites for hydroxylation is 1. The standard InChI is InChI=1S/C14H20Br2ClNO2S/c1-4-11(5-2)18(7-6-17)21(19,20)14-9-12(15)10(3)8-13(14)16/h8-9,11H,4-7H2,1-3H3. The van der Waals surface area contributed by atoms with Crippen molar-refractivity contribution in [2.75, 3.05) is 12.4 Å². The number of hydrogen-bond donors (Lipinski definition) is 0. The third kappa shape index (κ3) is 4.44. The molecule has 0 bridgehead atoms. The van der Waals surface area contributed by atoms with E-state index in [4.69, 9.17) is 11.6 Å². The minimum absolute atomic E-state index is 0.0410. The highest BCUT2D eigenvalue weighted by Crippen LogP contribution is 2.32. The van der Waals surface area contributed by atoms with Gasteiger partial charge in [0.1, 0.15) is 0 Å². The summed E-state index contributed by atoms with van der Waals surface area (Å²) in [5, 5.41) is 0. The zero-order chi connectivity index (χ0) is 16.2. The average Bonchev–Trinajstić information content (AvgIpc) is 2.43. The largest absolute Gasteiger partial charge is 0.244 e. The van der Waals surface area contributed by atoms with Crippen molar-refractivity contribution < 1.29 is 8.42 Å². The second kappa shape index (κ2) is 8.29. The van der Waals surface area contributed by atoms with Gasteiger partial charge in [-0.2, -0.15) is 4.31 Å². The van der Waals surface area contributed by atoms with Crippen molar-refractivity contribution in [1.82, 2.24) is 4.31 Å². The topological polar surface area (TPSA) is 37.4 Å². The van der Waals surface area contributed by atoms with Crippen LogP contribution >= 0.6 is 43.5 Å². The number of sulfonamides is 1. The van der Waals surface area contributed by atoms with Gasteiger partial charge in [-0.3, -0.25) is 0 Å². The molecule has 3 nitrogen and oxygen atoms in total. The highest BCUT2D eigenvalue weighted by molar-refractivity contribution is 9.11. The van der Waals surface area contributed by atoms with Gasteiger partial charge in [-0.1, -0.05) is 29.8 Å². The summed E-state index contributed by atoms with van der Waals surface area (Å²) in [6, 6.07) is 3.42. The molecular weight excluding hydrogens is 441 g/mol. The molecule has 1 aromatic rings. The molecule has 0 N–H and O–H groups in total. The van der Waals surface area contributed by atoms with E-state index >= 15 is 0 Å². The van der Waals surface area contributed by atoms with Gasteiger partial charge in [-0.25, -0.2) is 8.42 Å². The number of alkyl halides is 1. The van der Waals surface area contributed by atoms with Gasteiger partial charge in [0.2, 0.25) is 10.0 Å². The van der Waals surface area contributed by atoms with Crippen LogP contribution in [-0.4, -0.2) is 31.2 Å². The molecule has 0 fully saturated rings. The summed E-state index contributed by atoms with van der Waals surface area (Å²) in [4.78, 5) is 0.275. The van der Waals surface area contributed by atoms with Crippen LogP contribution in [0.3, 0.4) is 0 Å². The molecule has 0 saturated carbocycles. The lowest BCUT2D eigenvalue weighted by molar-refractivity contribution is 0.316. The Balaban J connectivity index is 3.38. The van der Waals surface area contributed by atoms with Gasteiger partial charge in [0, 0.05) is 27.4 Å². The van der Waals surface area contributed by atoms with Crippen LogP contribution in [0.2, 0.25) is 0 Å². The fourth-order valence-electron chi connectivity index (χ4n) is 2.23. The molecule has 0 amide bonds. The van der Waals surface area contributed by atoms with Gasteiger partial charge in [-0.15, -0.1) is 11.6 Å². The van der Waals surface area contributed by atoms with E-state index in [9.17, 15) is 8.42 Å². The van der Waals surface area contributed by atoms with E-state index in [0.29, 0.717) is 11.0 Å². The minimum atomic E-state index is -3.58. The minimum Gasteiger partial charge on any atom is -0.207 e. The summed E-state index contributed by atoms with van der Waals surface area (Å²) >= 11 is 12.6. The quantitative estimate of drug-likeness (QED) is 0.540. The molecule has 1 rings (SSSR count). The lowest BCUT2D eigenvalue weighted by Crippen LogP contribution is -2.41. The number of benzene rings is 1. The van der Waals surface area contributed by atoms with Crippen LogP contribution in [0.5, 0.6) is 0 Å². The molecule has 21 heavy (non-hydrogen) atoms. The number of rotatable bonds is 7. The lowest BCUT2D eigenvalue weighted by Gasteiger charge is -2.29. The molecule has 0 unspecified atom stereocenters. The van der Waals surface area contributed by atoms with E-state index in [-0.39, 0.29) is 16.8 Å². The number of nitrogens with zero attached hydrogens (tertiary/aromatic N) is 1. The van der Waals surface area contributed by atoms with Crippen LogP contribution in [0.15, 0.2) is 26.0 Å². The number of hydrogen-bond acceptors (Lipinski definition) is 2. The zero-order valence-electron chi connectivity index (χ0n) is 12.4. The lowest BCUT2D eigenvalue weighted by atomic mass is 10.2. The van der Waals surface area contributed by atoms with E-state index in [1.165, 1.54) is 4.31 Å². The van der Waals surface area contributed by atoms with Gasteiger partial charge in [0.25, 0.3) is 0 Å². The van der Waals surface area contributed by atoms with Crippen molar-refractivity contribution in [3.05, 3.63) is 26.6 Å². The maximum atomic E-state index is 13.0. The molecule has 0 aliphatic carbocycles. The molecular formula is C14H20Br2ClNO2S. The molecule has 120 valence electrons. The Kier molecular flexibility index (Phi) is 7.67. The van der Waals surface area contributed by atoms with Crippen LogP contribution in [0.25, 0.3) is 0 Å². The average molecular weight is 462 g/mol. The van der Waals surface area contributed by atoms with E-state index in [1.807, 2.05) is 26.8 Å². The van der Waals surface area contributed by atoms with Crippen molar-refractivity contribution in [2.24, 2.45) is 0 Å². The molecule has 1 aromatic carbocycles. The van der Waals surface area contributed by atoms with Crippen LogP contribution in [0, 0.1) is 6.92 Å². The second-order valence-corrected chi connectivity index (χ2v) is 8.75. The normalized spacial score (nSPS) is 12.4. The highest BCUT2D eigenvalue weighted by Gasteiger charge is 2.31. The fraction of sp³-hybridized carbons (Fsp3) is 0.571. The first-order valence-corrected chi connectivity index (χ1v) is 10.4. The SMILES string of the molecule is CCC(CC)N(CCCl)S(=O)(=O)c1cc(Br)c(C)cc1Br. The Bertz CT molecular complexity index is 589. The Morgan fingerprint density at radius 1 is 1.19 bits per heavy atom. The van der Waals surface area contributed by atoms with E-state index in [0.717, 1.165) is 22.9 Å². The van der Waals surface area contributed by atoms with Crippen molar-refractivity contribution in [1.29, 1.82) is 0 Å². The Hall–Kier alpha value is 0.380. The summed E-state index contributed by atoms with van der Waals surface area (Å²) < 4.78 is 28.8. The molecule has 7 heteroatoms. The number of halogens is 3. The maximum absolute atomic E-state index is 13.0. The molecule has 0 atom stereocenters. The monoisotopic (exact) mass is 459 g/mol. The maximum Gasteiger partial charge on any atom is 0.244 e. The van der Waals surface area contributed by atoms with Crippen LogP contribution in [-0.2, 0) is 10.0 Å². The third-order valence-electron chi connectivity index (χ3n) is 3.45. The first kappa shape index (κ1) is 19.4. The summed E-state index contributed by atoms with van der Waals surface area (Å²) in [6.07, 6.45) is 1.52. The van der Waals surface area contributed by atoms with Crippen molar-refractivity contribution in [2.45, 2.75) is 44.6 Å². The van der Waals surface area contributed by atoms with Crippen molar-refractivity contribution in [3.63, 3.8) is 0 Å². The second-order valence-electron chi connectivity index (χ2n) is 4.81. The molecule has 0 aliphatic heterocycles. The Morgan fingerprint density at radius 3 is 2.24 bits per heavy atom. The molecule has 0 spiro atoms. The van der Waals surface area contributed by atoms with E-state index < -0.39 is 10.0 Å². The Labute approximate surface area is 149 Å². The smallest absolute Gasteiger partial charge is 0.207 e. The third-order valence-corrected chi connectivity index (χ3v) is 7.39. The fourth-order valence-corrected chi connectivity index (χ4v) is 5.93. The van der Waals surface area contributed by atoms with E-state index in [2.05, 4.69) is 31.9 Å². The van der Waals surface area contributed by atoms with Crippen LogP contribution in [0.1, 0.15) is 32.3 Å². The van der Waals surface area contributed by atoms with Crippen LogP contribution < -0.4 is 0 Å². The molecule has 0 saturated heterocycles. The van der Waals surface area contributed by atoms with E-state index in [1.54, 1.807) is 6.07 Å². The van der Waals surface area contributed by atoms with Crippen LogP contribution in [0.4, 0.5) is 0 Å². The Morgan fingerprint density at radius 2 is 1.76 bits per heavy atom. The van der Waals surface area contributed by atoms with Gasteiger partial charge in [0.05, 0.1) is 4.90 Å². The molecule has 0 heterocycles. The van der Waals surface area contributed by atoms with Gasteiger partial charge >= 0.3 is 0 Å². The summed E-state index contributed by atoms with van der Waals surface area (Å²) in [5.74, 6) is 0.278. The zero-order valence-corrected chi connectivity index (χ0v) is 17.1. The van der Waals surface area contributed by atoms with Gasteiger partial charge in [0.15, 0.2) is 0 Å². The first-order chi connectivity index (χ1) is 9.79. The molecule has 0 aromatic heterocycles. The summed E-state index contributed by atoms with van der Waals surface area (Å²) in [7, 11) is -3.58. The summed E-state index contributed by atoms with van der Waals surface area (Å²) in [5.41, 5.74) is 0.979. The van der Waals surface area contributed by atoms with Crippen molar-refractivity contribution >= 4 is 53.5 Å². The molecule has 0 aliphatic rings. The first-order valence-electron chi connectivity index (χ1n) is 6.83. The van der Waals surface area contributed by atoms with Gasteiger partial charge in [-0.05, 0) is 53.4 Å². The van der Waals surface area contributed by atoms with Crippen molar-refractivity contribution in [3.8, 4) is 0 Å².